The number of nitrogens with zero attached hydrogens (tertiary/aromatic N) is 2. The van der Waals surface area contributed by atoms with Crippen LogP contribution in [0.3, 0.4) is 0 Å². The molecule has 0 radical (unpaired) electrons. The fourth-order valence-corrected chi connectivity index (χ4v) is 5.55. The zero-order valence-corrected chi connectivity index (χ0v) is 15.4. The molecule has 5 rings (SSSR count). The van der Waals surface area contributed by atoms with E-state index in [0.717, 1.165) is 30.5 Å². The number of rotatable bonds is 2. The van der Waals surface area contributed by atoms with Gasteiger partial charge in [-0.25, -0.2) is 0 Å². The molecule has 4 heterocycles. The molecule has 5 heteroatoms. The number of aldehydes is 1. The van der Waals surface area contributed by atoms with Crippen LogP contribution in [0.2, 0.25) is 0 Å². The second kappa shape index (κ2) is 5.61. The third-order valence-corrected chi connectivity index (χ3v) is 6.86. The highest BCUT2D eigenvalue weighted by Gasteiger charge is 2.49. The molecular formula is C21H24N2O3. The number of likely N-dealkylation sites (N-methyl/N-ethyl adjacent to an activating group) is 1. The van der Waals surface area contributed by atoms with Gasteiger partial charge in [-0.1, -0.05) is 0 Å². The molecule has 2 aromatic rings. The highest BCUT2D eigenvalue weighted by atomic mass is 16.5. The van der Waals surface area contributed by atoms with E-state index in [-0.39, 0.29) is 0 Å². The van der Waals surface area contributed by atoms with Crippen LogP contribution >= 0.6 is 0 Å². The Kier molecular flexibility index (Phi) is 3.44. The van der Waals surface area contributed by atoms with Gasteiger partial charge in [0.2, 0.25) is 0 Å². The number of hydrogen-bond donors (Lipinski definition) is 0. The maximum atomic E-state index is 11.6. The van der Waals surface area contributed by atoms with Crippen molar-refractivity contribution >= 4 is 17.2 Å². The SMILES string of the molecule is COc1ccc2c(c1)c1c(n2C)[C@@H]2C[C@H]3C(C=O)=COC[C@H]3[C@H](C1)N2C. The number of allylic oxidation sites excluding steroid dienone is 1. The third kappa shape index (κ3) is 1.98. The number of aryl methyl sites for hydroxylation is 1. The number of ether oxygens (including phenoxy) is 2. The largest absolute Gasteiger partial charge is 0.500 e. The van der Waals surface area contributed by atoms with Gasteiger partial charge in [0.05, 0.1) is 26.0 Å². The lowest BCUT2D eigenvalue weighted by Crippen LogP contribution is -2.55. The molecule has 0 spiro atoms. The minimum absolute atomic E-state index is 0.299. The monoisotopic (exact) mass is 352 g/mol. The van der Waals surface area contributed by atoms with E-state index in [1.807, 2.05) is 6.07 Å². The number of aromatic nitrogens is 1. The molecule has 3 aliphatic rings. The van der Waals surface area contributed by atoms with Crippen LogP contribution in [0.15, 0.2) is 30.0 Å². The predicted molar refractivity (Wildman–Crippen MR) is 99.2 cm³/mol. The molecule has 0 saturated carbocycles. The summed E-state index contributed by atoms with van der Waals surface area (Å²) in [6.45, 7) is 0.702. The van der Waals surface area contributed by atoms with Crippen LogP contribution in [0.5, 0.6) is 5.75 Å². The van der Waals surface area contributed by atoms with Crippen LogP contribution in [0.1, 0.15) is 23.7 Å². The van der Waals surface area contributed by atoms with E-state index >= 15 is 0 Å². The van der Waals surface area contributed by atoms with E-state index in [2.05, 4.69) is 35.7 Å². The molecule has 0 aliphatic carbocycles. The highest BCUT2D eigenvalue weighted by molar-refractivity contribution is 5.87. The van der Waals surface area contributed by atoms with E-state index in [1.165, 1.54) is 22.2 Å². The number of benzene rings is 1. The van der Waals surface area contributed by atoms with Gasteiger partial charge in [0, 0.05) is 41.2 Å². The molecule has 26 heavy (non-hydrogen) atoms. The minimum atomic E-state index is 0.299. The van der Waals surface area contributed by atoms with Gasteiger partial charge in [-0.2, -0.15) is 0 Å². The van der Waals surface area contributed by atoms with Crippen molar-refractivity contribution in [3.8, 4) is 5.75 Å². The summed E-state index contributed by atoms with van der Waals surface area (Å²) in [6.07, 6.45) is 4.64. The van der Waals surface area contributed by atoms with Crippen LogP contribution in [0.4, 0.5) is 0 Å². The molecule has 2 bridgehead atoms. The van der Waals surface area contributed by atoms with Crippen molar-refractivity contribution in [3.63, 3.8) is 0 Å². The molecule has 1 aromatic heterocycles. The zero-order valence-electron chi connectivity index (χ0n) is 15.4. The van der Waals surface area contributed by atoms with E-state index in [0.29, 0.717) is 30.5 Å². The Labute approximate surface area is 153 Å². The Morgan fingerprint density at radius 1 is 1.31 bits per heavy atom. The average molecular weight is 352 g/mol. The van der Waals surface area contributed by atoms with Gasteiger partial charge in [-0.15, -0.1) is 0 Å². The molecule has 4 atom stereocenters. The summed E-state index contributed by atoms with van der Waals surface area (Å²) in [4.78, 5) is 14.1. The number of hydrogen-bond acceptors (Lipinski definition) is 4. The van der Waals surface area contributed by atoms with Gasteiger partial charge in [0.25, 0.3) is 0 Å². The number of carbonyl (C=O) groups excluding carboxylic acids is 1. The Balaban J connectivity index is 1.69. The predicted octanol–water partition coefficient (Wildman–Crippen LogP) is 2.83. The van der Waals surface area contributed by atoms with Gasteiger partial charge in [0.1, 0.15) is 12.0 Å². The van der Waals surface area contributed by atoms with Crippen LogP contribution < -0.4 is 4.74 Å². The zero-order chi connectivity index (χ0) is 18.0. The quantitative estimate of drug-likeness (QED) is 0.780. The Morgan fingerprint density at radius 3 is 2.92 bits per heavy atom. The van der Waals surface area contributed by atoms with Crippen LogP contribution in [-0.4, -0.2) is 42.6 Å². The summed E-state index contributed by atoms with van der Waals surface area (Å²) in [5, 5.41) is 1.30. The number of methoxy groups -OCH3 is 1. The van der Waals surface area contributed by atoms with Crippen LogP contribution in [0.25, 0.3) is 10.9 Å². The standard InChI is InChI=1S/C21H24N2O3/c1-22-19-8-16-15-6-13(25-3)4-5-18(15)23(2)21(16)20(22)7-14-12(9-24)10-26-11-17(14)19/h4-6,9-10,14,17,19-20H,7-8,11H2,1-3H3/t14-,17+,19-,20-/m0/s1. The summed E-state index contributed by atoms with van der Waals surface area (Å²) in [5.41, 5.74) is 4.91. The molecule has 1 aromatic carbocycles. The second-order valence-electron chi connectivity index (χ2n) is 7.83. The van der Waals surface area contributed by atoms with Gasteiger partial charge in [-0.05, 0) is 49.6 Å². The topological polar surface area (TPSA) is 43.7 Å². The lowest BCUT2D eigenvalue weighted by atomic mass is 9.68. The minimum Gasteiger partial charge on any atom is -0.500 e. The molecule has 136 valence electrons. The van der Waals surface area contributed by atoms with Gasteiger partial charge in [0.15, 0.2) is 0 Å². The third-order valence-electron chi connectivity index (χ3n) is 6.86. The molecule has 0 unspecified atom stereocenters. The van der Waals surface area contributed by atoms with Crippen LogP contribution in [0, 0.1) is 11.8 Å². The first kappa shape index (κ1) is 15.9. The van der Waals surface area contributed by atoms with Crippen molar-refractivity contribution in [2.45, 2.75) is 24.9 Å². The molecule has 3 aliphatic heterocycles. The molecule has 0 N–H and O–H groups in total. The van der Waals surface area contributed by atoms with E-state index in [1.54, 1.807) is 13.4 Å². The number of carbonyl (C=O) groups is 1. The van der Waals surface area contributed by atoms with Gasteiger partial charge in [-0.3, -0.25) is 9.69 Å². The number of fused-ring (bicyclic) bond motifs is 8. The van der Waals surface area contributed by atoms with Crippen molar-refractivity contribution in [1.82, 2.24) is 9.47 Å². The highest BCUT2D eigenvalue weighted by Crippen LogP contribution is 2.51. The molecule has 5 nitrogen and oxygen atoms in total. The molecule has 1 fully saturated rings. The van der Waals surface area contributed by atoms with Crippen molar-refractivity contribution in [3.05, 3.63) is 41.3 Å². The summed E-state index contributed by atoms with van der Waals surface area (Å²) < 4.78 is 13.5. The molecular weight excluding hydrogens is 328 g/mol. The van der Waals surface area contributed by atoms with Crippen molar-refractivity contribution in [1.29, 1.82) is 0 Å². The Bertz CT molecular complexity index is 929. The van der Waals surface area contributed by atoms with Crippen molar-refractivity contribution in [2.75, 3.05) is 20.8 Å². The first-order valence-corrected chi connectivity index (χ1v) is 9.28. The fourth-order valence-electron chi connectivity index (χ4n) is 5.55. The van der Waals surface area contributed by atoms with Crippen molar-refractivity contribution in [2.24, 2.45) is 18.9 Å². The Hall–Kier alpha value is -2.27. The lowest BCUT2D eigenvalue weighted by Gasteiger charge is -2.52. The Morgan fingerprint density at radius 2 is 2.15 bits per heavy atom. The summed E-state index contributed by atoms with van der Waals surface area (Å²) in [5.74, 6) is 1.57. The average Bonchev–Trinajstić information content (AvgIpc) is 2.93. The maximum absolute atomic E-state index is 11.6. The summed E-state index contributed by atoms with van der Waals surface area (Å²) in [7, 11) is 6.11. The first-order chi connectivity index (χ1) is 12.6. The molecule has 0 amide bonds. The fraction of sp³-hybridized carbons (Fsp3) is 0.476. The smallest absolute Gasteiger partial charge is 0.149 e. The summed E-state index contributed by atoms with van der Waals surface area (Å²) >= 11 is 0. The van der Waals surface area contributed by atoms with Gasteiger partial charge >= 0.3 is 0 Å². The van der Waals surface area contributed by atoms with Crippen molar-refractivity contribution < 1.29 is 14.3 Å². The normalized spacial score (nSPS) is 30.2. The van der Waals surface area contributed by atoms with Crippen LogP contribution in [-0.2, 0) is 23.0 Å². The first-order valence-electron chi connectivity index (χ1n) is 9.28. The second-order valence-corrected chi connectivity index (χ2v) is 7.83. The summed E-state index contributed by atoms with van der Waals surface area (Å²) in [6, 6.07) is 7.08. The van der Waals surface area contributed by atoms with E-state index in [9.17, 15) is 4.79 Å². The van der Waals surface area contributed by atoms with E-state index in [4.69, 9.17) is 9.47 Å². The van der Waals surface area contributed by atoms with Gasteiger partial charge < -0.3 is 14.0 Å². The number of piperidine rings is 1. The maximum Gasteiger partial charge on any atom is 0.149 e. The van der Waals surface area contributed by atoms with E-state index < -0.39 is 0 Å². The molecule has 1 saturated heterocycles. The lowest BCUT2D eigenvalue weighted by molar-refractivity contribution is -0.107.